The Balaban J connectivity index is 1.38. The van der Waals surface area contributed by atoms with Gasteiger partial charge in [-0.2, -0.15) is 0 Å². The van der Waals surface area contributed by atoms with Gasteiger partial charge in [-0.1, -0.05) is 12.1 Å². The molecule has 2 N–H and O–H groups in total. The Morgan fingerprint density at radius 1 is 1.24 bits per heavy atom. The summed E-state index contributed by atoms with van der Waals surface area (Å²) in [6.45, 7) is 1.50. The molecule has 0 aromatic heterocycles. The number of rotatable bonds is 3. The summed E-state index contributed by atoms with van der Waals surface area (Å²) in [6, 6.07) is 6.24. The number of piperazine rings is 1. The number of hydrogen-bond donors (Lipinski definition) is 1. The molecule has 5 nitrogen and oxygen atoms in total. The first-order chi connectivity index (χ1) is 12.0. The number of nitrogens with two attached hydrogens (primary N) is 1. The van der Waals surface area contributed by atoms with E-state index in [-0.39, 0.29) is 36.1 Å². The highest BCUT2D eigenvalue weighted by atomic mass is 19.1. The van der Waals surface area contributed by atoms with Crippen molar-refractivity contribution in [1.82, 2.24) is 9.80 Å². The van der Waals surface area contributed by atoms with Gasteiger partial charge in [0.2, 0.25) is 11.8 Å². The van der Waals surface area contributed by atoms with Crippen molar-refractivity contribution in [1.29, 1.82) is 0 Å². The number of hydrogen-bond acceptors (Lipinski definition) is 3. The molecule has 1 aromatic rings. The van der Waals surface area contributed by atoms with Gasteiger partial charge in [0.15, 0.2) is 0 Å². The van der Waals surface area contributed by atoms with Crippen molar-refractivity contribution in [2.75, 3.05) is 19.6 Å². The number of fused-ring (bicyclic) bond motifs is 2. The van der Waals surface area contributed by atoms with E-state index in [2.05, 4.69) is 0 Å². The minimum atomic E-state index is -0.302. The molecule has 1 heterocycles. The average molecular weight is 345 g/mol. The van der Waals surface area contributed by atoms with Crippen LogP contribution < -0.4 is 5.73 Å². The molecule has 4 rings (SSSR count). The second-order valence-electron chi connectivity index (χ2n) is 7.64. The molecule has 2 aliphatic carbocycles. The molecular weight excluding hydrogens is 321 g/mol. The first-order valence-electron chi connectivity index (χ1n) is 9.09. The lowest BCUT2D eigenvalue weighted by Crippen LogP contribution is -2.55. The van der Waals surface area contributed by atoms with Crippen LogP contribution in [0.25, 0.3) is 0 Å². The molecular formula is C19H24FN3O2. The van der Waals surface area contributed by atoms with Crippen molar-refractivity contribution >= 4 is 11.8 Å². The molecule has 4 atom stereocenters. The van der Waals surface area contributed by atoms with E-state index in [9.17, 15) is 14.0 Å². The fourth-order valence-electron chi connectivity index (χ4n) is 4.83. The van der Waals surface area contributed by atoms with Gasteiger partial charge in [0.05, 0.1) is 12.5 Å². The van der Waals surface area contributed by atoms with E-state index < -0.39 is 0 Å². The third-order valence-corrected chi connectivity index (χ3v) is 6.16. The highest BCUT2D eigenvalue weighted by Crippen LogP contribution is 2.48. The van der Waals surface area contributed by atoms with Gasteiger partial charge in [0.1, 0.15) is 5.82 Å². The molecule has 0 radical (unpaired) electrons. The van der Waals surface area contributed by atoms with Crippen LogP contribution >= 0.6 is 0 Å². The summed E-state index contributed by atoms with van der Waals surface area (Å²) in [5, 5.41) is 0. The lowest BCUT2D eigenvalue weighted by molar-refractivity contribution is -0.149. The zero-order chi connectivity index (χ0) is 17.6. The van der Waals surface area contributed by atoms with Crippen LogP contribution in [0.2, 0.25) is 0 Å². The quantitative estimate of drug-likeness (QED) is 0.900. The van der Waals surface area contributed by atoms with Gasteiger partial charge < -0.3 is 15.5 Å². The summed E-state index contributed by atoms with van der Waals surface area (Å²) in [5.74, 6) is 0.432. The van der Waals surface area contributed by atoms with Crippen molar-refractivity contribution in [2.24, 2.45) is 23.5 Å². The summed E-state index contributed by atoms with van der Waals surface area (Å²) < 4.78 is 13.3. The van der Waals surface area contributed by atoms with E-state index in [0.717, 1.165) is 24.8 Å². The van der Waals surface area contributed by atoms with Crippen LogP contribution in [0.15, 0.2) is 24.3 Å². The normalized spacial score (nSPS) is 31.7. The second-order valence-corrected chi connectivity index (χ2v) is 7.64. The Labute approximate surface area is 147 Å². The number of carbonyl (C=O) groups is 2. The molecule has 1 aromatic carbocycles. The summed E-state index contributed by atoms with van der Waals surface area (Å²) in [5.41, 5.74) is 7.04. The van der Waals surface area contributed by atoms with Crippen molar-refractivity contribution in [3.63, 3.8) is 0 Å². The third-order valence-electron chi connectivity index (χ3n) is 6.16. The number of amides is 2. The molecule has 3 aliphatic rings. The van der Waals surface area contributed by atoms with Gasteiger partial charge in [-0.05, 0) is 48.8 Å². The van der Waals surface area contributed by atoms with Gasteiger partial charge in [-0.3, -0.25) is 9.59 Å². The lowest BCUT2D eigenvalue weighted by atomic mass is 9.84. The molecule has 0 unspecified atom stereocenters. The zero-order valence-electron chi connectivity index (χ0n) is 14.2. The van der Waals surface area contributed by atoms with Crippen LogP contribution in [0, 0.1) is 23.6 Å². The predicted octanol–water partition coefficient (Wildman–Crippen LogP) is 1.37. The van der Waals surface area contributed by atoms with Crippen molar-refractivity contribution < 1.29 is 14.0 Å². The van der Waals surface area contributed by atoms with Crippen LogP contribution in [0.4, 0.5) is 4.39 Å². The highest BCUT2D eigenvalue weighted by Gasteiger charge is 2.50. The van der Waals surface area contributed by atoms with E-state index in [4.69, 9.17) is 5.73 Å². The highest BCUT2D eigenvalue weighted by molar-refractivity contribution is 5.87. The number of halogens is 1. The van der Waals surface area contributed by atoms with Crippen LogP contribution in [0.3, 0.4) is 0 Å². The van der Waals surface area contributed by atoms with E-state index in [1.54, 1.807) is 15.9 Å². The molecule has 3 fully saturated rings. The lowest BCUT2D eigenvalue weighted by Gasteiger charge is -2.38. The monoisotopic (exact) mass is 345 g/mol. The smallest absolute Gasteiger partial charge is 0.242 e. The molecule has 0 spiro atoms. The fourth-order valence-corrected chi connectivity index (χ4v) is 4.83. The second kappa shape index (κ2) is 6.41. The number of benzene rings is 1. The van der Waals surface area contributed by atoms with Crippen LogP contribution in [0.5, 0.6) is 0 Å². The Kier molecular flexibility index (Phi) is 4.23. The minimum absolute atomic E-state index is 0.0494. The van der Waals surface area contributed by atoms with Crippen LogP contribution in [-0.2, 0) is 16.1 Å². The van der Waals surface area contributed by atoms with E-state index >= 15 is 0 Å². The summed E-state index contributed by atoms with van der Waals surface area (Å²) in [6.07, 6.45) is 3.28. The molecule has 25 heavy (non-hydrogen) atoms. The summed E-state index contributed by atoms with van der Waals surface area (Å²) in [4.78, 5) is 28.7. The molecule has 1 saturated heterocycles. The Bertz CT molecular complexity index is 693. The molecule has 134 valence electrons. The number of nitrogens with zero attached hydrogens (tertiary/aromatic N) is 2. The maximum absolute atomic E-state index is 13.3. The average Bonchev–Trinajstić information content (AvgIpc) is 3.17. The van der Waals surface area contributed by atoms with E-state index in [1.807, 2.05) is 6.07 Å². The predicted molar refractivity (Wildman–Crippen MR) is 90.7 cm³/mol. The van der Waals surface area contributed by atoms with Crippen LogP contribution in [-0.4, -0.2) is 47.3 Å². The van der Waals surface area contributed by atoms with Gasteiger partial charge in [-0.25, -0.2) is 4.39 Å². The molecule has 2 amide bonds. The van der Waals surface area contributed by atoms with Crippen LogP contribution in [0.1, 0.15) is 24.8 Å². The Hall–Kier alpha value is -1.95. The zero-order valence-corrected chi connectivity index (χ0v) is 14.2. The number of carbonyl (C=O) groups excluding carboxylic acids is 2. The third kappa shape index (κ3) is 3.03. The van der Waals surface area contributed by atoms with E-state index in [1.165, 1.54) is 12.1 Å². The Morgan fingerprint density at radius 3 is 2.72 bits per heavy atom. The maximum atomic E-state index is 13.3. The minimum Gasteiger partial charge on any atom is -0.335 e. The maximum Gasteiger partial charge on any atom is 0.242 e. The van der Waals surface area contributed by atoms with Crippen molar-refractivity contribution in [2.45, 2.75) is 31.8 Å². The topological polar surface area (TPSA) is 66.6 Å². The SMILES string of the molecule is N[C@H]1[C@H]2CC[C@H](C2)[C@H]1C(=O)N1CCN(Cc2cccc(F)c2)C(=O)C1. The largest absolute Gasteiger partial charge is 0.335 e. The first kappa shape index (κ1) is 16.5. The summed E-state index contributed by atoms with van der Waals surface area (Å²) >= 11 is 0. The van der Waals surface area contributed by atoms with Crippen molar-refractivity contribution in [3.8, 4) is 0 Å². The summed E-state index contributed by atoms with van der Waals surface area (Å²) in [7, 11) is 0. The Morgan fingerprint density at radius 2 is 2.04 bits per heavy atom. The van der Waals surface area contributed by atoms with Crippen molar-refractivity contribution in [3.05, 3.63) is 35.6 Å². The molecule has 6 heteroatoms. The van der Waals surface area contributed by atoms with Gasteiger partial charge >= 0.3 is 0 Å². The van der Waals surface area contributed by atoms with E-state index in [0.29, 0.717) is 31.5 Å². The van der Waals surface area contributed by atoms with Gasteiger partial charge in [0.25, 0.3) is 0 Å². The molecule has 1 aliphatic heterocycles. The molecule has 2 saturated carbocycles. The van der Waals surface area contributed by atoms with Gasteiger partial charge in [-0.15, -0.1) is 0 Å². The standard InChI is InChI=1S/C19H24FN3O2/c20-15-3-1-2-12(8-15)10-22-6-7-23(11-16(22)24)19(25)17-13-4-5-14(9-13)18(17)21/h1-3,8,13-14,17-18H,4-7,9-11,21H2/t13-,14+,17-,18+/m1/s1. The first-order valence-corrected chi connectivity index (χ1v) is 9.09. The molecule has 2 bridgehead atoms. The fraction of sp³-hybridized carbons (Fsp3) is 0.579. The van der Waals surface area contributed by atoms with Gasteiger partial charge in [0, 0.05) is 25.7 Å².